The van der Waals surface area contributed by atoms with Crippen molar-refractivity contribution in [1.29, 1.82) is 0 Å². The first-order chi connectivity index (χ1) is 17.2. The van der Waals surface area contributed by atoms with Crippen molar-refractivity contribution < 1.29 is 14.3 Å². The second-order valence-corrected chi connectivity index (χ2v) is 8.42. The van der Waals surface area contributed by atoms with Gasteiger partial charge in [0.2, 0.25) is 5.13 Å². The van der Waals surface area contributed by atoms with Crippen molar-refractivity contribution in [2.75, 3.05) is 25.7 Å². The van der Waals surface area contributed by atoms with Gasteiger partial charge in [0.05, 0.1) is 19.0 Å². The molecule has 0 spiro atoms. The first-order valence-corrected chi connectivity index (χ1v) is 12.0. The molecule has 0 fully saturated rings. The van der Waals surface area contributed by atoms with E-state index < -0.39 is 0 Å². The third kappa shape index (κ3) is 7.15. The highest BCUT2D eigenvalue weighted by molar-refractivity contribution is 7.14. The number of methoxy groups -OCH3 is 1. The maximum absolute atomic E-state index is 12.1. The van der Waals surface area contributed by atoms with Crippen LogP contribution >= 0.6 is 11.3 Å². The number of thiazole rings is 1. The summed E-state index contributed by atoms with van der Waals surface area (Å²) in [6.07, 6.45) is 2.44. The zero-order valence-electron chi connectivity index (χ0n) is 19.3. The molecule has 0 radical (unpaired) electrons. The summed E-state index contributed by atoms with van der Waals surface area (Å²) in [5, 5.41) is 9.82. The minimum Gasteiger partial charge on any atom is -0.493 e. The summed E-state index contributed by atoms with van der Waals surface area (Å²) in [5.41, 5.74) is 6.91. The van der Waals surface area contributed by atoms with Crippen LogP contribution in [0.25, 0.3) is 11.3 Å². The molecule has 8 heteroatoms. The number of hydrazone groups is 1. The van der Waals surface area contributed by atoms with Crippen molar-refractivity contribution in [2.24, 2.45) is 5.10 Å². The summed E-state index contributed by atoms with van der Waals surface area (Å²) in [6.45, 7) is 0.464. The summed E-state index contributed by atoms with van der Waals surface area (Å²) in [7, 11) is 1.56. The maximum atomic E-state index is 12.1. The van der Waals surface area contributed by atoms with Crippen molar-refractivity contribution in [3.05, 3.63) is 95.4 Å². The topological polar surface area (TPSA) is 84.8 Å². The SMILES string of the molecule is COc1cc(C=NNc2nc(-c3ccccc3)cs2)ccc1OCC(=O)NCCc1ccccc1. The number of ether oxygens (including phenoxy) is 2. The number of nitrogens with zero attached hydrogens (tertiary/aromatic N) is 2. The highest BCUT2D eigenvalue weighted by Crippen LogP contribution is 2.28. The zero-order valence-corrected chi connectivity index (χ0v) is 20.1. The van der Waals surface area contributed by atoms with E-state index in [2.05, 4.69) is 20.8 Å². The van der Waals surface area contributed by atoms with Gasteiger partial charge in [-0.3, -0.25) is 10.2 Å². The zero-order chi connectivity index (χ0) is 24.3. The molecular weight excluding hydrogens is 460 g/mol. The predicted octanol–water partition coefficient (Wildman–Crippen LogP) is 5.00. The molecule has 0 unspecified atom stereocenters. The van der Waals surface area contributed by atoms with E-state index in [4.69, 9.17) is 9.47 Å². The highest BCUT2D eigenvalue weighted by atomic mass is 32.1. The Bertz CT molecular complexity index is 1260. The summed E-state index contributed by atoms with van der Waals surface area (Å²) >= 11 is 1.48. The van der Waals surface area contributed by atoms with Crippen LogP contribution in [0, 0.1) is 0 Å². The Morgan fingerprint density at radius 2 is 1.80 bits per heavy atom. The molecule has 0 saturated heterocycles. The largest absolute Gasteiger partial charge is 0.493 e. The van der Waals surface area contributed by atoms with E-state index in [1.165, 1.54) is 16.9 Å². The van der Waals surface area contributed by atoms with Gasteiger partial charge in [-0.15, -0.1) is 11.3 Å². The monoisotopic (exact) mass is 486 g/mol. The van der Waals surface area contributed by atoms with Crippen LogP contribution in [0.4, 0.5) is 5.13 Å². The Labute approximate surface area is 208 Å². The van der Waals surface area contributed by atoms with Crippen LogP contribution in [-0.2, 0) is 11.2 Å². The van der Waals surface area contributed by atoms with E-state index in [0.717, 1.165) is 23.2 Å². The Hall–Kier alpha value is -4.17. The van der Waals surface area contributed by atoms with Crippen LogP contribution in [0.5, 0.6) is 11.5 Å². The normalized spacial score (nSPS) is 10.8. The lowest BCUT2D eigenvalue weighted by molar-refractivity contribution is -0.123. The van der Waals surface area contributed by atoms with Crippen LogP contribution in [-0.4, -0.2) is 37.4 Å². The average molecular weight is 487 g/mol. The standard InChI is InChI=1S/C27H26N4O3S/c1-33-25-16-21(17-29-31-27-30-23(19-35-27)22-10-6-3-7-11-22)12-13-24(25)34-18-26(32)28-15-14-20-8-4-2-5-9-20/h2-13,16-17,19H,14-15,18H2,1H3,(H,28,32)(H,30,31). The van der Waals surface area contributed by atoms with Gasteiger partial charge in [-0.2, -0.15) is 5.10 Å². The number of benzene rings is 3. The number of anilines is 1. The van der Waals surface area contributed by atoms with Crippen molar-refractivity contribution in [2.45, 2.75) is 6.42 Å². The van der Waals surface area contributed by atoms with Gasteiger partial charge in [-0.05, 0) is 35.7 Å². The lowest BCUT2D eigenvalue weighted by atomic mass is 10.1. The summed E-state index contributed by atoms with van der Waals surface area (Å²) in [5.74, 6) is 0.825. The van der Waals surface area contributed by atoms with Crippen LogP contribution in [0.1, 0.15) is 11.1 Å². The second kappa shape index (κ2) is 12.3. The number of nitrogens with one attached hydrogen (secondary N) is 2. The Balaban J connectivity index is 1.26. The number of amides is 1. The van der Waals surface area contributed by atoms with Gasteiger partial charge in [0.1, 0.15) is 0 Å². The smallest absolute Gasteiger partial charge is 0.257 e. The average Bonchev–Trinajstić information content (AvgIpc) is 3.38. The molecule has 0 aliphatic heterocycles. The summed E-state index contributed by atoms with van der Waals surface area (Å²) < 4.78 is 11.1. The van der Waals surface area contributed by atoms with E-state index in [-0.39, 0.29) is 12.5 Å². The molecule has 1 amide bonds. The number of hydrogen-bond acceptors (Lipinski definition) is 7. The third-order valence-electron chi connectivity index (χ3n) is 5.07. The molecule has 4 aromatic rings. The molecule has 0 aliphatic carbocycles. The molecule has 0 aliphatic rings. The third-order valence-corrected chi connectivity index (χ3v) is 5.82. The van der Waals surface area contributed by atoms with Gasteiger partial charge in [-0.1, -0.05) is 60.7 Å². The van der Waals surface area contributed by atoms with Gasteiger partial charge in [0, 0.05) is 17.5 Å². The molecule has 2 N–H and O–H groups in total. The quantitative estimate of drug-likeness (QED) is 0.230. The lowest BCUT2D eigenvalue weighted by Gasteiger charge is -2.11. The van der Waals surface area contributed by atoms with E-state index in [1.807, 2.05) is 72.1 Å². The minimum atomic E-state index is -0.184. The molecular formula is C27H26N4O3S. The maximum Gasteiger partial charge on any atom is 0.257 e. The van der Waals surface area contributed by atoms with Gasteiger partial charge in [0.15, 0.2) is 18.1 Å². The Morgan fingerprint density at radius 3 is 2.57 bits per heavy atom. The fourth-order valence-corrected chi connectivity index (χ4v) is 3.97. The van der Waals surface area contributed by atoms with Crippen LogP contribution in [0.2, 0.25) is 0 Å². The van der Waals surface area contributed by atoms with Crippen molar-refractivity contribution >= 4 is 28.6 Å². The first kappa shape index (κ1) is 24.0. The molecule has 0 saturated carbocycles. The first-order valence-electron chi connectivity index (χ1n) is 11.1. The van der Waals surface area contributed by atoms with Gasteiger partial charge < -0.3 is 14.8 Å². The van der Waals surface area contributed by atoms with E-state index in [9.17, 15) is 4.79 Å². The predicted molar refractivity (Wildman–Crippen MR) is 140 cm³/mol. The van der Waals surface area contributed by atoms with Crippen LogP contribution in [0.3, 0.4) is 0 Å². The number of carbonyl (C=O) groups excluding carboxylic acids is 1. The lowest BCUT2D eigenvalue weighted by Crippen LogP contribution is -2.30. The molecule has 0 atom stereocenters. The van der Waals surface area contributed by atoms with E-state index >= 15 is 0 Å². The fourth-order valence-electron chi connectivity index (χ4n) is 3.30. The molecule has 178 valence electrons. The van der Waals surface area contributed by atoms with Gasteiger partial charge in [0.25, 0.3) is 5.91 Å². The summed E-state index contributed by atoms with van der Waals surface area (Å²) in [6, 6.07) is 25.4. The number of aromatic nitrogens is 1. The van der Waals surface area contributed by atoms with Crippen LogP contribution < -0.4 is 20.2 Å². The molecule has 35 heavy (non-hydrogen) atoms. The van der Waals surface area contributed by atoms with Crippen molar-refractivity contribution in [3.8, 4) is 22.8 Å². The second-order valence-electron chi connectivity index (χ2n) is 7.56. The molecule has 1 heterocycles. The molecule has 3 aromatic carbocycles. The summed E-state index contributed by atoms with van der Waals surface area (Å²) in [4.78, 5) is 16.7. The van der Waals surface area contributed by atoms with Crippen molar-refractivity contribution in [1.82, 2.24) is 10.3 Å². The number of carbonyl (C=O) groups is 1. The molecule has 4 rings (SSSR count). The Kier molecular flexibility index (Phi) is 8.45. The van der Waals surface area contributed by atoms with Gasteiger partial charge >= 0.3 is 0 Å². The van der Waals surface area contributed by atoms with Gasteiger partial charge in [-0.25, -0.2) is 4.98 Å². The van der Waals surface area contributed by atoms with Crippen LogP contribution in [0.15, 0.2) is 89.3 Å². The number of hydrogen-bond donors (Lipinski definition) is 2. The molecule has 1 aromatic heterocycles. The number of rotatable bonds is 11. The fraction of sp³-hybridized carbons (Fsp3) is 0.148. The molecule has 7 nitrogen and oxygen atoms in total. The van der Waals surface area contributed by atoms with E-state index in [1.54, 1.807) is 25.5 Å². The minimum absolute atomic E-state index is 0.0893. The van der Waals surface area contributed by atoms with Crippen molar-refractivity contribution in [3.63, 3.8) is 0 Å². The molecule has 0 bridgehead atoms. The highest BCUT2D eigenvalue weighted by Gasteiger charge is 2.09. The Morgan fingerprint density at radius 1 is 1.03 bits per heavy atom. The van der Waals surface area contributed by atoms with E-state index in [0.29, 0.717) is 23.2 Å².